The molecule has 1 aromatic carbocycles. The lowest BCUT2D eigenvalue weighted by atomic mass is 9.98. The van der Waals surface area contributed by atoms with Crippen molar-refractivity contribution in [3.05, 3.63) is 41.3 Å². The maximum Gasteiger partial charge on any atom is 0.0772 e. The molecule has 0 heterocycles. The molecule has 0 radical (unpaired) electrons. The molecule has 1 aromatic rings. The second kappa shape index (κ2) is 4.75. The quantitative estimate of drug-likeness (QED) is 0.746. The van der Waals surface area contributed by atoms with E-state index in [2.05, 4.69) is 20.8 Å². The normalized spacial score (nSPS) is 14.4. The Morgan fingerprint density at radius 2 is 1.67 bits per heavy atom. The summed E-state index contributed by atoms with van der Waals surface area (Å²) in [5.74, 6) is 0. The Labute approximate surface area is 94.7 Å². The predicted octanol–water partition coefficient (Wildman–Crippen LogP) is 3.66. The first-order chi connectivity index (χ1) is 6.88. The Morgan fingerprint density at radius 3 is 2.13 bits per heavy atom. The van der Waals surface area contributed by atoms with E-state index in [1.54, 1.807) is 5.41 Å². The van der Waals surface area contributed by atoms with Crippen molar-refractivity contribution in [1.82, 2.24) is 0 Å². The standard InChI is InChI=1S/C13H18OS/c1-11-5-7-12(8-6-11)15(14)10-9-13(2,3)4/h5-10H,1-4H3. The highest BCUT2D eigenvalue weighted by molar-refractivity contribution is 7.88. The zero-order valence-electron chi connectivity index (χ0n) is 9.78. The fourth-order valence-electron chi connectivity index (χ4n) is 1.02. The van der Waals surface area contributed by atoms with Crippen molar-refractivity contribution in [2.45, 2.75) is 32.6 Å². The highest BCUT2D eigenvalue weighted by atomic mass is 32.2. The smallest absolute Gasteiger partial charge is 0.0772 e. The molecule has 0 saturated carbocycles. The van der Waals surface area contributed by atoms with Gasteiger partial charge in [0.25, 0.3) is 0 Å². The van der Waals surface area contributed by atoms with Gasteiger partial charge in [-0.1, -0.05) is 44.5 Å². The van der Waals surface area contributed by atoms with Gasteiger partial charge in [-0.3, -0.25) is 0 Å². The third kappa shape index (κ3) is 4.43. The van der Waals surface area contributed by atoms with E-state index in [0.717, 1.165) is 4.90 Å². The minimum absolute atomic E-state index is 0.0837. The Hall–Kier alpha value is -0.890. The van der Waals surface area contributed by atoms with Gasteiger partial charge in [0, 0.05) is 10.3 Å². The van der Waals surface area contributed by atoms with Crippen molar-refractivity contribution in [2.24, 2.45) is 5.41 Å². The van der Waals surface area contributed by atoms with Crippen LogP contribution < -0.4 is 0 Å². The first kappa shape index (κ1) is 12.2. The first-order valence-corrected chi connectivity index (χ1v) is 6.26. The van der Waals surface area contributed by atoms with Gasteiger partial charge in [-0.05, 0) is 24.5 Å². The van der Waals surface area contributed by atoms with Gasteiger partial charge in [-0.2, -0.15) is 0 Å². The summed E-state index contributed by atoms with van der Waals surface area (Å²) >= 11 is 0. The van der Waals surface area contributed by atoms with E-state index in [1.165, 1.54) is 5.56 Å². The van der Waals surface area contributed by atoms with Crippen LogP contribution in [0.1, 0.15) is 26.3 Å². The second-order valence-corrected chi connectivity index (χ2v) is 6.12. The Kier molecular flexibility index (Phi) is 3.86. The van der Waals surface area contributed by atoms with E-state index in [1.807, 2.05) is 37.3 Å². The van der Waals surface area contributed by atoms with Crippen molar-refractivity contribution in [1.29, 1.82) is 0 Å². The molecule has 0 fully saturated rings. The lowest BCUT2D eigenvalue weighted by molar-refractivity contribution is 0.545. The fraction of sp³-hybridized carbons (Fsp3) is 0.385. The lowest BCUT2D eigenvalue weighted by Gasteiger charge is -2.10. The molecule has 82 valence electrons. The Balaban J connectivity index is 2.78. The SMILES string of the molecule is Cc1ccc(S(=O)C=CC(C)(C)C)cc1. The molecule has 0 aliphatic carbocycles. The van der Waals surface area contributed by atoms with Gasteiger partial charge >= 0.3 is 0 Å². The summed E-state index contributed by atoms with van der Waals surface area (Å²) in [6.07, 6.45) is 1.99. The van der Waals surface area contributed by atoms with E-state index < -0.39 is 10.8 Å². The molecule has 0 aromatic heterocycles. The molecule has 0 bridgehead atoms. The zero-order chi connectivity index (χ0) is 11.5. The topological polar surface area (TPSA) is 17.1 Å². The molecule has 0 aliphatic rings. The van der Waals surface area contributed by atoms with Gasteiger partial charge in [0.15, 0.2) is 0 Å². The molecule has 0 amide bonds. The molecule has 15 heavy (non-hydrogen) atoms. The van der Waals surface area contributed by atoms with Crippen LogP contribution in [0, 0.1) is 12.3 Å². The van der Waals surface area contributed by atoms with E-state index >= 15 is 0 Å². The molecule has 0 spiro atoms. The van der Waals surface area contributed by atoms with E-state index in [-0.39, 0.29) is 5.41 Å². The van der Waals surface area contributed by atoms with E-state index in [9.17, 15) is 4.21 Å². The molecule has 1 unspecified atom stereocenters. The predicted molar refractivity (Wildman–Crippen MR) is 66.2 cm³/mol. The number of hydrogen-bond donors (Lipinski definition) is 0. The zero-order valence-corrected chi connectivity index (χ0v) is 10.6. The molecule has 1 rings (SSSR count). The van der Waals surface area contributed by atoms with E-state index in [0.29, 0.717) is 0 Å². The maximum absolute atomic E-state index is 11.8. The molecular weight excluding hydrogens is 204 g/mol. The van der Waals surface area contributed by atoms with Gasteiger partial charge in [-0.15, -0.1) is 0 Å². The highest BCUT2D eigenvalue weighted by Gasteiger charge is 2.05. The van der Waals surface area contributed by atoms with Gasteiger partial charge < -0.3 is 0 Å². The minimum Gasteiger partial charge on any atom is -0.250 e. The summed E-state index contributed by atoms with van der Waals surface area (Å²) in [5.41, 5.74) is 1.27. The maximum atomic E-state index is 11.8. The van der Waals surface area contributed by atoms with Crippen molar-refractivity contribution >= 4 is 10.8 Å². The monoisotopic (exact) mass is 222 g/mol. The largest absolute Gasteiger partial charge is 0.250 e. The van der Waals surface area contributed by atoms with Crippen molar-refractivity contribution in [3.8, 4) is 0 Å². The summed E-state index contributed by atoms with van der Waals surface area (Å²) < 4.78 is 11.8. The van der Waals surface area contributed by atoms with Crippen LogP contribution in [0.5, 0.6) is 0 Å². The van der Waals surface area contributed by atoms with Crippen LogP contribution in [0.25, 0.3) is 0 Å². The number of rotatable bonds is 2. The van der Waals surface area contributed by atoms with Crippen LogP contribution in [-0.4, -0.2) is 4.21 Å². The van der Waals surface area contributed by atoms with Crippen molar-refractivity contribution in [2.75, 3.05) is 0 Å². The van der Waals surface area contributed by atoms with Crippen LogP contribution >= 0.6 is 0 Å². The summed E-state index contributed by atoms with van der Waals surface area (Å²) in [6, 6.07) is 7.80. The molecule has 0 saturated heterocycles. The highest BCUT2D eigenvalue weighted by Crippen LogP contribution is 2.17. The van der Waals surface area contributed by atoms with Gasteiger partial charge in [-0.25, -0.2) is 4.21 Å². The first-order valence-electron chi connectivity index (χ1n) is 5.05. The number of allylic oxidation sites excluding steroid dienone is 1. The number of hydrogen-bond acceptors (Lipinski definition) is 1. The summed E-state index contributed by atoms with van der Waals surface area (Å²) in [4.78, 5) is 0.862. The molecule has 1 nitrogen and oxygen atoms in total. The van der Waals surface area contributed by atoms with Crippen LogP contribution in [0.3, 0.4) is 0 Å². The Bertz CT molecular complexity index is 369. The van der Waals surface area contributed by atoms with Crippen molar-refractivity contribution < 1.29 is 4.21 Å². The van der Waals surface area contributed by atoms with E-state index in [4.69, 9.17) is 0 Å². The average Bonchev–Trinajstić information content (AvgIpc) is 2.14. The third-order valence-electron chi connectivity index (χ3n) is 1.94. The van der Waals surface area contributed by atoms with Gasteiger partial charge in [0.05, 0.1) is 10.8 Å². The summed E-state index contributed by atoms with van der Waals surface area (Å²) in [7, 11) is -1.02. The lowest BCUT2D eigenvalue weighted by Crippen LogP contribution is -1.99. The Morgan fingerprint density at radius 1 is 1.13 bits per heavy atom. The van der Waals surface area contributed by atoms with Crippen LogP contribution in [0.4, 0.5) is 0 Å². The van der Waals surface area contributed by atoms with Crippen LogP contribution in [0.15, 0.2) is 40.6 Å². The molecule has 0 N–H and O–H groups in total. The second-order valence-electron chi connectivity index (χ2n) is 4.78. The molecule has 2 heteroatoms. The van der Waals surface area contributed by atoms with Crippen LogP contribution in [-0.2, 0) is 10.8 Å². The molecular formula is C13H18OS. The number of benzene rings is 1. The van der Waals surface area contributed by atoms with Crippen LogP contribution in [0.2, 0.25) is 0 Å². The fourth-order valence-corrected chi connectivity index (χ4v) is 2.11. The number of aryl methyl sites for hydroxylation is 1. The van der Waals surface area contributed by atoms with Gasteiger partial charge in [0.1, 0.15) is 0 Å². The molecule has 1 atom stereocenters. The molecule has 0 aliphatic heterocycles. The summed E-state index contributed by atoms with van der Waals surface area (Å²) in [6.45, 7) is 8.30. The van der Waals surface area contributed by atoms with Crippen molar-refractivity contribution in [3.63, 3.8) is 0 Å². The average molecular weight is 222 g/mol. The van der Waals surface area contributed by atoms with Gasteiger partial charge in [0.2, 0.25) is 0 Å². The summed E-state index contributed by atoms with van der Waals surface area (Å²) in [5, 5.41) is 1.77. The third-order valence-corrected chi connectivity index (χ3v) is 3.06. The minimum atomic E-state index is -1.02.